The van der Waals surface area contributed by atoms with Crippen LogP contribution in [-0.2, 0) is 35.3 Å². The lowest BCUT2D eigenvalue weighted by Crippen LogP contribution is -2.57. The Morgan fingerprint density at radius 1 is 1.07 bits per heavy atom. The molecule has 4 amide bonds. The summed E-state index contributed by atoms with van der Waals surface area (Å²) in [5, 5.41) is 5.92. The highest BCUT2D eigenvalue weighted by Gasteiger charge is 2.83. The van der Waals surface area contributed by atoms with Gasteiger partial charge in [0.05, 0.1) is 19.2 Å². The normalized spacial score (nSPS) is 31.2. The molecule has 6 atom stereocenters. The number of allylic oxidation sites excluding steroid dienone is 1. The molecule has 15 nitrogen and oxygen atoms in total. The van der Waals surface area contributed by atoms with Gasteiger partial charge in [0.15, 0.2) is 16.3 Å². The summed E-state index contributed by atoms with van der Waals surface area (Å²) in [6.45, 7) is 4.65. The summed E-state index contributed by atoms with van der Waals surface area (Å²) < 4.78 is 89.5. The molecular formula is C41H51F3N6O9S. The van der Waals surface area contributed by atoms with Crippen LogP contribution in [0.4, 0.5) is 18.0 Å². The van der Waals surface area contributed by atoms with Gasteiger partial charge in [-0.3, -0.25) is 14.4 Å². The third-order valence-corrected chi connectivity index (χ3v) is 15.0. The van der Waals surface area contributed by atoms with Crippen LogP contribution in [0.25, 0.3) is 10.9 Å². The molecule has 60 heavy (non-hydrogen) atoms. The van der Waals surface area contributed by atoms with Crippen molar-refractivity contribution in [1.29, 1.82) is 0 Å². The zero-order chi connectivity index (χ0) is 43.4. The van der Waals surface area contributed by atoms with Crippen molar-refractivity contribution in [3.63, 3.8) is 0 Å². The number of alkyl halides is 3. The van der Waals surface area contributed by atoms with Crippen molar-refractivity contribution in [3.05, 3.63) is 41.6 Å². The molecule has 1 aromatic heterocycles. The Bertz CT molecular complexity index is 2290. The predicted molar refractivity (Wildman–Crippen MR) is 210 cm³/mol. The molecule has 4 aliphatic heterocycles. The minimum atomic E-state index is -4.97. The fourth-order valence-electron chi connectivity index (χ4n) is 9.38. The fraction of sp³-hybridized carbons (Fsp3) is 0.634. The van der Waals surface area contributed by atoms with Crippen molar-refractivity contribution in [1.82, 2.24) is 29.7 Å². The molecule has 6 aliphatic rings. The number of aromatic nitrogens is 1. The van der Waals surface area contributed by atoms with Crippen molar-refractivity contribution in [2.45, 2.75) is 131 Å². The van der Waals surface area contributed by atoms with E-state index >= 15 is 13.2 Å². The summed E-state index contributed by atoms with van der Waals surface area (Å²) in [5.74, 6) is -2.91. The van der Waals surface area contributed by atoms with Gasteiger partial charge in [0, 0.05) is 35.8 Å². The maximum absolute atomic E-state index is 15.0. The van der Waals surface area contributed by atoms with Crippen LogP contribution < -0.4 is 20.1 Å². The number of halogens is 3. The number of sulfonamides is 1. The third-order valence-electron chi connectivity index (χ3n) is 12.7. The van der Waals surface area contributed by atoms with Crippen LogP contribution in [0.5, 0.6) is 11.5 Å². The Morgan fingerprint density at radius 3 is 2.43 bits per heavy atom. The van der Waals surface area contributed by atoms with Crippen LogP contribution in [0.3, 0.4) is 0 Å². The first-order chi connectivity index (χ1) is 28.1. The lowest BCUT2D eigenvalue weighted by Gasteiger charge is -2.43. The highest BCUT2D eigenvalue weighted by atomic mass is 32.2. The number of carbonyl (C=O) groups excluding carboxylic acids is 4. The molecule has 0 bridgehead atoms. The number of methoxy groups -OCH3 is 1. The van der Waals surface area contributed by atoms with E-state index in [0.717, 1.165) is 4.31 Å². The summed E-state index contributed by atoms with van der Waals surface area (Å²) in [6.07, 6.45) is 0.988. The largest absolute Gasteiger partial charge is 0.497 e. The van der Waals surface area contributed by atoms with Gasteiger partial charge < -0.3 is 34.6 Å². The van der Waals surface area contributed by atoms with E-state index in [4.69, 9.17) is 14.2 Å². The Hall–Kier alpha value is -4.65. The van der Waals surface area contributed by atoms with Gasteiger partial charge in [-0.15, -0.1) is 0 Å². The average molecular weight is 861 g/mol. The monoisotopic (exact) mass is 860 g/mol. The minimum Gasteiger partial charge on any atom is -0.497 e. The highest BCUT2D eigenvalue weighted by molar-refractivity contribution is 7.98. The second kappa shape index (κ2) is 14.2. The molecule has 326 valence electrons. The zero-order valence-corrected chi connectivity index (χ0v) is 35.3. The molecule has 1 aromatic carbocycles. The quantitative estimate of drug-likeness (QED) is 0.315. The van der Waals surface area contributed by atoms with Crippen LogP contribution in [0.2, 0.25) is 0 Å². The van der Waals surface area contributed by atoms with Crippen LogP contribution in [-0.4, -0.2) is 113 Å². The van der Waals surface area contributed by atoms with Gasteiger partial charge in [-0.25, -0.2) is 22.5 Å². The summed E-state index contributed by atoms with van der Waals surface area (Å²) >= 11 is 0. The van der Waals surface area contributed by atoms with Crippen LogP contribution in [0.15, 0.2) is 30.4 Å². The molecule has 2 N–H and O–H groups in total. The second-order valence-electron chi connectivity index (χ2n) is 18.3. The summed E-state index contributed by atoms with van der Waals surface area (Å²) in [4.78, 5) is 62.9. The van der Waals surface area contributed by atoms with Gasteiger partial charge >= 0.3 is 12.3 Å². The predicted octanol–water partition coefficient (Wildman–Crippen LogP) is 4.94. The molecule has 2 aromatic rings. The highest BCUT2D eigenvalue weighted by Crippen LogP contribution is 2.65. The molecule has 19 heteroatoms. The van der Waals surface area contributed by atoms with E-state index < -0.39 is 97.1 Å². The van der Waals surface area contributed by atoms with Gasteiger partial charge in [0.25, 0.3) is 15.9 Å². The Morgan fingerprint density at radius 2 is 1.80 bits per heavy atom. The van der Waals surface area contributed by atoms with E-state index in [1.54, 1.807) is 45.8 Å². The van der Waals surface area contributed by atoms with Crippen LogP contribution in [0, 0.1) is 5.92 Å². The summed E-state index contributed by atoms with van der Waals surface area (Å²) in [6, 6.07) is 1.21. The van der Waals surface area contributed by atoms with Crippen LogP contribution in [0.1, 0.15) is 102 Å². The first kappa shape index (κ1) is 42.1. The van der Waals surface area contributed by atoms with Gasteiger partial charge in [-0.1, -0.05) is 25.0 Å². The number of benzene rings is 1. The molecule has 2 saturated heterocycles. The number of alkyl carbamates (subject to hydrolysis) is 1. The number of pyridine rings is 1. The van der Waals surface area contributed by atoms with E-state index in [0.29, 0.717) is 49.7 Å². The maximum atomic E-state index is 15.0. The summed E-state index contributed by atoms with van der Waals surface area (Å²) in [7, 11) is 0.998. The molecule has 2 saturated carbocycles. The topological polar surface area (TPSA) is 177 Å². The number of ether oxygens (including phenoxy) is 3. The fourth-order valence-corrected chi connectivity index (χ4v) is 11.5. The number of hydrogen-bond donors (Lipinski definition) is 2. The number of carbonyl (C=O) groups is 4. The Kier molecular flexibility index (Phi) is 9.96. The van der Waals surface area contributed by atoms with Gasteiger partial charge in [-0.2, -0.15) is 13.2 Å². The molecule has 0 unspecified atom stereocenters. The Balaban J connectivity index is 1.22. The molecule has 2 aliphatic carbocycles. The minimum absolute atomic E-state index is 0.0301. The van der Waals surface area contributed by atoms with E-state index in [1.165, 1.54) is 24.1 Å². The average Bonchev–Trinajstić information content (AvgIpc) is 4.11. The number of nitrogens with zero attached hydrogens (tertiary/aromatic N) is 4. The zero-order valence-electron chi connectivity index (χ0n) is 34.5. The lowest BCUT2D eigenvalue weighted by molar-refractivity contribution is -0.145. The van der Waals surface area contributed by atoms with Gasteiger partial charge in [0.1, 0.15) is 34.6 Å². The smallest absolute Gasteiger partial charge is 0.437 e. The van der Waals surface area contributed by atoms with E-state index in [-0.39, 0.29) is 43.3 Å². The lowest BCUT2D eigenvalue weighted by atomic mass is 9.83. The van der Waals surface area contributed by atoms with E-state index in [2.05, 4.69) is 15.6 Å². The number of nitrogens with one attached hydrogen (secondary N) is 2. The van der Waals surface area contributed by atoms with Crippen molar-refractivity contribution >= 4 is 44.7 Å². The van der Waals surface area contributed by atoms with E-state index in [1.807, 2.05) is 12.2 Å². The van der Waals surface area contributed by atoms with Crippen molar-refractivity contribution in [2.24, 2.45) is 5.92 Å². The molecule has 0 radical (unpaired) electrons. The van der Waals surface area contributed by atoms with Crippen molar-refractivity contribution in [2.75, 3.05) is 27.7 Å². The van der Waals surface area contributed by atoms with Crippen molar-refractivity contribution in [3.8, 4) is 11.5 Å². The Labute approximate surface area is 346 Å². The van der Waals surface area contributed by atoms with Crippen LogP contribution >= 0.6 is 0 Å². The molecule has 8 rings (SSSR count). The third kappa shape index (κ3) is 7.11. The van der Waals surface area contributed by atoms with Gasteiger partial charge in [-0.05, 0) is 91.6 Å². The summed E-state index contributed by atoms with van der Waals surface area (Å²) in [5.41, 5.74) is -5.11. The first-order valence-corrected chi connectivity index (χ1v) is 21.8. The number of rotatable bonds is 4. The molecule has 2 spiro atoms. The standard InChI is InChI=1S/C41H51F3N6O9S/c1-37(2,3)59-36(54)46-27-13-11-9-7-8-10-12-23-19-40(23,35(53)50-39(16-17-39)60(50,55)56)47-33(51)29-21-38(22-49(29)34(27)52)20-28(48(4)5)30-25-18-24(57-6)14-15-26(25)45-32(31(30)58-38)41(42,43)44/h10,12,14-15,18,23,27-29H,7-9,11,13,16-17,19-22H2,1-6H3,(H,46,54)(H,47,51)/b12-10-/t23-,27+,28-,29+,38-,40-,50?/m1/s1. The SMILES string of the molecule is COc1ccc2nc(C(F)(F)F)c3c(c2c1)[C@H](N(C)C)C[C@]1(C[C@H]2C(=O)N[C@]4(C(=O)N5C6(CC6)S5(=O)=O)C[C@H]4/C=C\CCCCC[C@H](NC(=O)OC(C)(C)C)C(=O)N2C1)O3. The van der Waals surface area contributed by atoms with Crippen molar-refractivity contribution < 1.29 is 55.0 Å². The maximum Gasteiger partial charge on any atom is 0.437 e. The second-order valence-corrected chi connectivity index (χ2v) is 20.4. The van der Waals surface area contributed by atoms with E-state index in [9.17, 15) is 27.6 Å². The number of amides is 4. The first-order valence-electron chi connectivity index (χ1n) is 20.4. The molecule has 4 fully saturated rings. The molecule has 5 heterocycles. The molecular weight excluding hydrogens is 810 g/mol. The number of fused-ring (bicyclic) bond motifs is 5. The van der Waals surface area contributed by atoms with Gasteiger partial charge in [0.2, 0.25) is 11.8 Å². The number of hydrogen-bond acceptors (Lipinski definition) is 11.